The van der Waals surface area contributed by atoms with Gasteiger partial charge in [0.05, 0.1) is 18.3 Å². The lowest BCUT2D eigenvalue weighted by atomic mass is 9.86. The maximum atomic E-state index is 12.5. The number of ether oxygens (including phenoxy) is 1. The Balaban J connectivity index is 1.50. The number of primary amides is 1. The number of likely N-dealkylation sites (tertiary alicyclic amines) is 1. The minimum Gasteiger partial charge on any atom is -0.377 e. The van der Waals surface area contributed by atoms with Gasteiger partial charge in [-0.15, -0.1) is 0 Å². The highest BCUT2D eigenvalue weighted by Gasteiger charge is 2.35. The van der Waals surface area contributed by atoms with Gasteiger partial charge in [0.2, 0.25) is 5.91 Å². The van der Waals surface area contributed by atoms with Gasteiger partial charge in [-0.2, -0.15) is 0 Å². The maximum Gasteiger partial charge on any atom is 0.274 e. The summed E-state index contributed by atoms with van der Waals surface area (Å²) in [6, 6.07) is 0. The average molecular weight is 334 g/mol. The van der Waals surface area contributed by atoms with Crippen LogP contribution in [0.4, 0.5) is 0 Å². The van der Waals surface area contributed by atoms with Crippen molar-refractivity contribution in [3.05, 3.63) is 18.2 Å². The number of imidazole rings is 1. The summed E-state index contributed by atoms with van der Waals surface area (Å²) in [5.74, 6) is 0.0827. The molecule has 2 amide bonds. The number of piperidine rings is 1. The molecule has 0 radical (unpaired) electrons. The van der Waals surface area contributed by atoms with E-state index < -0.39 is 0 Å². The quantitative estimate of drug-likeness (QED) is 0.871. The van der Waals surface area contributed by atoms with E-state index in [9.17, 15) is 9.59 Å². The van der Waals surface area contributed by atoms with Crippen molar-refractivity contribution < 1.29 is 14.3 Å². The van der Waals surface area contributed by atoms with Crippen molar-refractivity contribution in [3.63, 3.8) is 0 Å². The SMILES string of the molecule is CCn1cnc(C(=O)N2CCC(C[C@H]3OCC[C@H]3C(N)=O)CC2)c1. The van der Waals surface area contributed by atoms with Gasteiger partial charge < -0.3 is 19.9 Å². The Morgan fingerprint density at radius 3 is 2.71 bits per heavy atom. The second-order valence-corrected chi connectivity index (χ2v) is 6.77. The lowest BCUT2D eigenvalue weighted by molar-refractivity contribution is -0.123. The first kappa shape index (κ1) is 17.0. The molecular weight excluding hydrogens is 308 g/mol. The summed E-state index contributed by atoms with van der Waals surface area (Å²) in [5, 5.41) is 0. The van der Waals surface area contributed by atoms with Gasteiger partial charge >= 0.3 is 0 Å². The predicted octanol–water partition coefficient (Wildman–Crippen LogP) is 1.04. The third-order valence-corrected chi connectivity index (χ3v) is 5.26. The molecule has 2 aliphatic rings. The molecule has 0 unspecified atom stereocenters. The van der Waals surface area contributed by atoms with E-state index in [-0.39, 0.29) is 23.8 Å². The summed E-state index contributed by atoms with van der Waals surface area (Å²) in [7, 11) is 0. The smallest absolute Gasteiger partial charge is 0.274 e. The summed E-state index contributed by atoms with van der Waals surface area (Å²) >= 11 is 0. The van der Waals surface area contributed by atoms with E-state index in [4.69, 9.17) is 10.5 Å². The average Bonchev–Trinajstić information content (AvgIpc) is 3.24. The lowest BCUT2D eigenvalue weighted by Gasteiger charge is -2.33. The molecule has 132 valence electrons. The van der Waals surface area contributed by atoms with Crippen LogP contribution in [0.2, 0.25) is 0 Å². The molecule has 2 fully saturated rings. The monoisotopic (exact) mass is 334 g/mol. The Kier molecular flexibility index (Phi) is 5.18. The van der Waals surface area contributed by atoms with Crippen molar-refractivity contribution >= 4 is 11.8 Å². The molecule has 0 aliphatic carbocycles. The number of carbonyl (C=O) groups is 2. The zero-order valence-corrected chi connectivity index (χ0v) is 14.2. The van der Waals surface area contributed by atoms with E-state index in [0.29, 0.717) is 18.2 Å². The summed E-state index contributed by atoms with van der Waals surface area (Å²) in [4.78, 5) is 30.0. The molecule has 24 heavy (non-hydrogen) atoms. The topological polar surface area (TPSA) is 90.4 Å². The van der Waals surface area contributed by atoms with Crippen molar-refractivity contribution in [1.29, 1.82) is 0 Å². The van der Waals surface area contributed by atoms with Crippen LogP contribution in [0, 0.1) is 11.8 Å². The van der Waals surface area contributed by atoms with Crippen molar-refractivity contribution in [2.45, 2.75) is 45.3 Å². The molecule has 0 bridgehead atoms. The number of aryl methyl sites for hydroxylation is 1. The number of nitrogens with two attached hydrogens (primary N) is 1. The second-order valence-electron chi connectivity index (χ2n) is 6.77. The van der Waals surface area contributed by atoms with Gasteiger partial charge in [-0.3, -0.25) is 9.59 Å². The van der Waals surface area contributed by atoms with Crippen LogP contribution in [0.25, 0.3) is 0 Å². The Hall–Kier alpha value is -1.89. The molecule has 3 rings (SSSR count). The lowest BCUT2D eigenvalue weighted by Crippen LogP contribution is -2.40. The maximum absolute atomic E-state index is 12.5. The Morgan fingerprint density at radius 1 is 1.33 bits per heavy atom. The first-order valence-corrected chi connectivity index (χ1v) is 8.80. The van der Waals surface area contributed by atoms with Crippen LogP contribution >= 0.6 is 0 Å². The molecule has 2 saturated heterocycles. The van der Waals surface area contributed by atoms with Crippen molar-refractivity contribution in [3.8, 4) is 0 Å². The molecule has 2 N–H and O–H groups in total. The molecule has 7 heteroatoms. The van der Waals surface area contributed by atoms with Crippen LogP contribution in [-0.2, 0) is 16.1 Å². The fourth-order valence-corrected chi connectivity index (χ4v) is 3.71. The van der Waals surface area contributed by atoms with Gasteiger partial charge in [-0.05, 0) is 38.5 Å². The molecule has 0 aromatic carbocycles. The van der Waals surface area contributed by atoms with Gasteiger partial charge in [-0.25, -0.2) is 4.98 Å². The van der Waals surface area contributed by atoms with Crippen LogP contribution in [0.3, 0.4) is 0 Å². The van der Waals surface area contributed by atoms with Gasteiger partial charge in [-0.1, -0.05) is 0 Å². The van der Waals surface area contributed by atoms with Crippen LogP contribution in [0.15, 0.2) is 12.5 Å². The van der Waals surface area contributed by atoms with E-state index in [1.165, 1.54) is 0 Å². The van der Waals surface area contributed by atoms with E-state index in [2.05, 4.69) is 4.98 Å². The Morgan fingerprint density at radius 2 is 2.08 bits per heavy atom. The van der Waals surface area contributed by atoms with Gasteiger partial charge in [0.25, 0.3) is 5.91 Å². The Labute approximate surface area is 142 Å². The van der Waals surface area contributed by atoms with Gasteiger partial charge in [0.1, 0.15) is 5.69 Å². The Bertz CT molecular complexity index is 592. The third-order valence-electron chi connectivity index (χ3n) is 5.26. The zero-order valence-electron chi connectivity index (χ0n) is 14.2. The molecule has 3 heterocycles. The van der Waals surface area contributed by atoms with Crippen molar-refractivity contribution in [1.82, 2.24) is 14.5 Å². The first-order valence-electron chi connectivity index (χ1n) is 8.80. The van der Waals surface area contributed by atoms with Crippen molar-refractivity contribution in [2.75, 3.05) is 19.7 Å². The van der Waals surface area contributed by atoms with Crippen LogP contribution < -0.4 is 5.73 Å². The number of carbonyl (C=O) groups excluding carboxylic acids is 2. The molecule has 1 aromatic heterocycles. The number of hydrogen-bond donors (Lipinski definition) is 1. The van der Waals surface area contributed by atoms with Gasteiger partial charge in [0.15, 0.2) is 0 Å². The summed E-state index contributed by atoms with van der Waals surface area (Å²) in [6.45, 7) is 4.92. The number of hydrogen-bond acceptors (Lipinski definition) is 4. The highest BCUT2D eigenvalue weighted by molar-refractivity contribution is 5.92. The fraction of sp³-hybridized carbons (Fsp3) is 0.706. The van der Waals surface area contributed by atoms with Crippen LogP contribution in [0.5, 0.6) is 0 Å². The highest BCUT2D eigenvalue weighted by Crippen LogP contribution is 2.30. The molecule has 2 atom stereocenters. The first-order chi connectivity index (χ1) is 11.6. The molecule has 0 spiro atoms. The highest BCUT2D eigenvalue weighted by atomic mass is 16.5. The van der Waals surface area contributed by atoms with E-state index in [1.54, 1.807) is 12.5 Å². The number of nitrogens with zero attached hydrogens (tertiary/aromatic N) is 3. The fourth-order valence-electron chi connectivity index (χ4n) is 3.71. The predicted molar refractivity (Wildman–Crippen MR) is 88.2 cm³/mol. The van der Waals surface area contributed by atoms with E-state index >= 15 is 0 Å². The third kappa shape index (κ3) is 3.61. The standard InChI is InChI=1S/C17H26N4O3/c1-2-20-10-14(19-11-20)17(23)21-6-3-12(4-7-21)9-15-13(16(18)22)5-8-24-15/h10-13,15H,2-9H2,1H3,(H2,18,22)/t13-,15-/m1/s1. The number of amides is 2. The van der Waals surface area contributed by atoms with Crippen molar-refractivity contribution in [2.24, 2.45) is 17.6 Å². The van der Waals surface area contributed by atoms with Crippen LogP contribution in [0.1, 0.15) is 43.1 Å². The zero-order chi connectivity index (χ0) is 17.1. The number of rotatable bonds is 5. The molecule has 0 saturated carbocycles. The minimum absolute atomic E-state index is 0.00720. The molecule has 7 nitrogen and oxygen atoms in total. The number of aromatic nitrogens is 2. The van der Waals surface area contributed by atoms with Gasteiger partial charge in [0, 0.05) is 32.4 Å². The molecule has 1 aromatic rings. The van der Waals surface area contributed by atoms with Crippen LogP contribution in [-0.4, -0.2) is 52.1 Å². The molecular formula is C17H26N4O3. The summed E-state index contributed by atoms with van der Waals surface area (Å²) < 4.78 is 7.60. The minimum atomic E-state index is -0.253. The van der Waals surface area contributed by atoms with E-state index in [0.717, 1.165) is 45.3 Å². The van der Waals surface area contributed by atoms with E-state index in [1.807, 2.05) is 16.4 Å². The largest absolute Gasteiger partial charge is 0.377 e. The summed E-state index contributed by atoms with van der Waals surface area (Å²) in [6.07, 6.45) is 6.92. The molecule has 2 aliphatic heterocycles. The second kappa shape index (κ2) is 7.34. The normalized spacial score (nSPS) is 25.1. The summed E-state index contributed by atoms with van der Waals surface area (Å²) in [5.41, 5.74) is 5.97.